The van der Waals surface area contributed by atoms with E-state index in [0.29, 0.717) is 30.8 Å². The number of hydrogen-bond donors (Lipinski definition) is 1. The number of likely N-dealkylation sites (N-methyl/N-ethyl adjacent to an activating group) is 1. The zero-order valence-corrected chi connectivity index (χ0v) is 12.6. The standard InChI is InChI=1S/C11H24N2O2S.ClH/c1-10(2)6-8-16(14,15)13-7-4-5-11(9-13)12-3;/h10-12H,4-9H2,1-3H3;1H. The van der Waals surface area contributed by atoms with E-state index >= 15 is 0 Å². The summed E-state index contributed by atoms with van der Waals surface area (Å²) in [5.74, 6) is 0.737. The Labute approximate surface area is 112 Å². The number of rotatable bonds is 5. The zero-order valence-electron chi connectivity index (χ0n) is 11.0. The fraction of sp³-hybridized carbons (Fsp3) is 1.00. The summed E-state index contributed by atoms with van der Waals surface area (Å²) in [6, 6.07) is 0.322. The molecule has 0 aromatic heterocycles. The highest BCUT2D eigenvalue weighted by molar-refractivity contribution is 7.89. The molecule has 0 aromatic carbocycles. The molecule has 6 heteroatoms. The van der Waals surface area contributed by atoms with Crippen molar-refractivity contribution >= 4 is 22.4 Å². The summed E-state index contributed by atoms with van der Waals surface area (Å²) in [5.41, 5.74) is 0. The van der Waals surface area contributed by atoms with Gasteiger partial charge in [-0.15, -0.1) is 12.4 Å². The second-order valence-corrected chi connectivity index (χ2v) is 7.07. The maximum absolute atomic E-state index is 12.0. The number of piperidine rings is 1. The first-order chi connectivity index (χ1) is 7.45. The Morgan fingerprint density at radius 2 is 2.06 bits per heavy atom. The van der Waals surface area contributed by atoms with Crippen molar-refractivity contribution < 1.29 is 8.42 Å². The van der Waals surface area contributed by atoms with E-state index in [1.54, 1.807) is 4.31 Å². The van der Waals surface area contributed by atoms with Crippen LogP contribution in [0.15, 0.2) is 0 Å². The Morgan fingerprint density at radius 3 is 2.59 bits per heavy atom. The minimum Gasteiger partial charge on any atom is -0.316 e. The number of nitrogens with one attached hydrogen (secondary N) is 1. The first kappa shape index (κ1) is 17.2. The molecule has 1 saturated heterocycles. The van der Waals surface area contributed by atoms with Crippen LogP contribution in [0, 0.1) is 5.92 Å². The van der Waals surface area contributed by atoms with E-state index < -0.39 is 10.0 Å². The highest BCUT2D eigenvalue weighted by Crippen LogP contribution is 2.15. The van der Waals surface area contributed by atoms with Gasteiger partial charge in [-0.05, 0) is 32.2 Å². The summed E-state index contributed by atoms with van der Waals surface area (Å²) in [5, 5.41) is 3.16. The van der Waals surface area contributed by atoms with Crippen LogP contribution >= 0.6 is 12.4 Å². The third-order valence-corrected chi connectivity index (χ3v) is 5.01. The first-order valence-electron chi connectivity index (χ1n) is 6.11. The van der Waals surface area contributed by atoms with E-state index in [2.05, 4.69) is 19.2 Å². The Bertz CT molecular complexity index is 307. The summed E-state index contributed by atoms with van der Waals surface area (Å²) in [6.07, 6.45) is 2.79. The minimum atomic E-state index is -3.03. The molecular weight excluding hydrogens is 260 g/mol. The van der Waals surface area contributed by atoms with Crippen LogP contribution in [-0.2, 0) is 10.0 Å². The monoisotopic (exact) mass is 284 g/mol. The molecule has 1 N–H and O–H groups in total. The molecule has 0 spiro atoms. The lowest BCUT2D eigenvalue weighted by Crippen LogP contribution is -2.47. The largest absolute Gasteiger partial charge is 0.316 e. The lowest BCUT2D eigenvalue weighted by Gasteiger charge is -2.31. The molecule has 1 aliphatic heterocycles. The van der Waals surface area contributed by atoms with Gasteiger partial charge in [0.1, 0.15) is 0 Å². The molecule has 1 rings (SSSR count). The van der Waals surface area contributed by atoms with Crippen molar-refractivity contribution in [3.63, 3.8) is 0 Å². The molecular formula is C11H25ClN2O2S. The fourth-order valence-corrected chi connectivity index (χ4v) is 3.79. The SMILES string of the molecule is CNC1CCCN(S(=O)(=O)CCC(C)C)C1.Cl. The lowest BCUT2D eigenvalue weighted by molar-refractivity contribution is 0.292. The van der Waals surface area contributed by atoms with Crippen LogP contribution in [0.25, 0.3) is 0 Å². The van der Waals surface area contributed by atoms with Crippen LogP contribution in [-0.4, -0.2) is 44.7 Å². The minimum absolute atomic E-state index is 0. The molecule has 0 saturated carbocycles. The maximum Gasteiger partial charge on any atom is 0.214 e. The summed E-state index contributed by atoms with van der Waals surface area (Å²) in [7, 11) is -1.13. The van der Waals surface area contributed by atoms with Crippen molar-refractivity contribution in [2.24, 2.45) is 5.92 Å². The highest BCUT2D eigenvalue weighted by atomic mass is 35.5. The summed E-state index contributed by atoms with van der Waals surface area (Å²) < 4.78 is 25.8. The second kappa shape index (κ2) is 7.56. The van der Waals surface area contributed by atoms with Gasteiger partial charge in [0.15, 0.2) is 0 Å². The van der Waals surface area contributed by atoms with E-state index in [0.717, 1.165) is 19.3 Å². The Kier molecular flexibility index (Phi) is 7.63. The topological polar surface area (TPSA) is 49.4 Å². The van der Waals surface area contributed by atoms with Crippen molar-refractivity contribution in [3.05, 3.63) is 0 Å². The Balaban J connectivity index is 0.00000256. The first-order valence-corrected chi connectivity index (χ1v) is 7.71. The number of halogens is 1. The Hall–Kier alpha value is 0.160. The van der Waals surface area contributed by atoms with E-state index in [1.807, 2.05) is 7.05 Å². The lowest BCUT2D eigenvalue weighted by atomic mass is 10.1. The van der Waals surface area contributed by atoms with E-state index in [-0.39, 0.29) is 12.4 Å². The smallest absolute Gasteiger partial charge is 0.214 e. The molecule has 0 amide bonds. The molecule has 1 fully saturated rings. The molecule has 1 atom stereocenters. The molecule has 0 aliphatic carbocycles. The molecule has 104 valence electrons. The van der Waals surface area contributed by atoms with Crippen molar-refractivity contribution in [1.82, 2.24) is 9.62 Å². The van der Waals surface area contributed by atoms with Crippen molar-refractivity contribution in [1.29, 1.82) is 0 Å². The van der Waals surface area contributed by atoms with Crippen molar-refractivity contribution in [2.75, 3.05) is 25.9 Å². The molecule has 0 aromatic rings. The van der Waals surface area contributed by atoms with Gasteiger partial charge in [-0.25, -0.2) is 12.7 Å². The van der Waals surface area contributed by atoms with Crippen LogP contribution in [0.2, 0.25) is 0 Å². The Morgan fingerprint density at radius 1 is 1.41 bits per heavy atom. The molecule has 0 radical (unpaired) electrons. The zero-order chi connectivity index (χ0) is 12.2. The molecule has 17 heavy (non-hydrogen) atoms. The van der Waals surface area contributed by atoms with Gasteiger partial charge in [-0.1, -0.05) is 13.8 Å². The molecule has 4 nitrogen and oxygen atoms in total. The van der Waals surface area contributed by atoms with E-state index in [9.17, 15) is 8.42 Å². The number of sulfonamides is 1. The van der Waals surface area contributed by atoms with Gasteiger partial charge in [-0.3, -0.25) is 0 Å². The van der Waals surface area contributed by atoms with Crippen molar-refractivity contribution in [3.8, 4) is 0 Å². The average molecular weight is 285 g/mol. The van der Waals surface area contributed by atoms with Crippen LogP contribution in [0.3, 0.4) is 0 Å². The molecule has 1 heterocycles. The van der Waals surface area contributed by atoms with Gasteiger partial charge in [0.05, 0.1) is 5.75 Å². The third-order valence-electron chi connectivity index (χ3n) is 3.14. The maximum atomic E-state index is 12.0. The summed E-state index contributed by atoms with van der Waals surface area (Å²) >= 11 is 0. The van der Waals surface area contributed by atoms with Crippen LogP contribution in [0.4, 0.5) is 0 Å². The van der Waals surface area contributed by atoms with Crippen LogP contribution < -0.4 is 5.32 Å². The van der Waals surface area contributed by atoms with E-state index in [1.165, 1.54) is 0 Å². The molecule has 0 bridgehead atoms. The number of hydrogen-bond acceptors (Lipinski definition) is 3. The van der Waals surface area contributed by atoms with Gasteiger partial charge in [0.2, 0.25) is 10.0 Å². The quantitative estimate of drug-likeness (QED) is 0.832. The van der Waals surface area contributed by atoms with Crippen LogP contribution in [0.5, 0.6) is 0 Å². The third kappa shape index (κ3) is 5.55. The van der Waals surface area contributed by atoms with Crippen molar-refractivity contribution in [2.45, 2.75) is 39.2 Å². The summed E-state index contributed by atoms with van der Waals surface area (Å²) in [4.78, 5) is 0. The van der Waals surface area contributed by atoms with Gasteiger partial charge in [0, 0.05) is 19.1 Å². The molecule has 1 unspecified atom stereocenters. The van der Waals surface area contributed by atoms with Gasteiger partial charge in [-0.2, -0.15) is 0 Å². The number of nitrogens with zero attached hydrogens (tertiary/aromatic N) is 1. The molecule has 1 aliphatic rings. The fourth-order valence-electron chi connectivity index (χ4n) is 1.94. The van der Waals surface area contributed by atoms with Crippen LogP contribution in [0.1, 0.15) is 33.1 Å². The van der Waals surface area contributed by atoms with Gasteiger partial charge in [0.25, 0.3) is 0 Å². The second-order valence-electron chi connectivity index (χ2n) is 4.98. The predicted octanol–water partition coefficient (Wildman–Crippen LogP) is 1.47. The summed E-state index contributed by atoms with van der Waals surface area (Å²) in [6.45, 7) is 5.44. The highest BCUT2D eigenvalue weighted by Gasteiger charge is 2.27. The predicted molar refractivity (Wildman–Crippen MR) is 74.1 cm³/mol. The van der Waals surface area contributed by atoms with Gasteiger partial charge >= 0.3 is 0 Å². The van der Waals surface area contributed by atoms with E-state index in [4.69, 9.17) is 0 Å². The normalized spacial score (nSPS) is 22.5. The average Bonchev–Trinajstić information content (AvgIpc) is 2.27. The van der Waals surface area contributed by atoms with Gasteiger partial charge < -0.3 is 5.32 Å².